The van der Waals surface area contributed by atoms with Gasteiger partial charge in [0, 0.05) is 30.9 Å². The molecule has 1 aliphatic heterocycles. The Labute approximate surface area is 114 Å². The molecule has 0 bridgehead atoms. The van der Waals surface area contributed by atoms with Crippen molar-refractivity contribution in [3.8, 4) is 0 Å². The largest absolute Gasteiger partial charge is 0.378 e. The molecule has 1 saturated heterocycles. The first kappa shape index (κ1) is 12.9. The van der Waals surface area contributed by atoms with Gasteiger partial charge in [-0.05, 0) is 28.1 Å². The van der Waals surface area contributed by atoms with Gasteiger partial charge in [-0.15, -0.1) is 11.3 Å². The molecule has 2 heterocycles. The third-order valence-corrected chi connectivity index (χ3v) is 4.28. The van der Waals surface area contributed by atoms with Gasteiger partial charge in [0.1, 0.15) is 0 Å². The highest BCUT2D eigenvalue weighted by molar-refractivity contribution is 9.11. The Kier molecular flexibility index (Phi) is 4.82. The number of nitrogens with zero attached hydrogens (tertiary/aromatic N) is 2. The van der Waals surface area contributed by atoms with Crippen molar-refractivity contribution >= 4 is 33.2 Å². The number of aliphatic imine (C=N–C) groups is 1. The van der Waals surface area contributed by atoms with Gasteiger partial charge in [0.2, 0.25) is 0 Å². The van der Waals surface area contributed by atoms with Gasteiger partial charge in [-0.25, -0.2) is 0 Å². The fraction of sp³-hybridized carbons (Fsp3) is 0.545. The summed E-state index contributed by atoms with van der Waals surface area (Å²) >= 11 is 5.20. The molecule has 0 aromatic carbocycles. The quantitative estimate of drug-likeness (QED) is 0.682. The average molecular weight is 318 g/mol. The van der Waals surface area contributed by atoms with E-state index < -0.39 is 0 Å². The highest BCUT2D eigenvalue weighted by Crippen LogP contribution is 2.22. The number of hydrogen-bond acceptors (Lipinski definition) is 3. The molecule has 0 radical (unpaired) electrons. The Balaban J connectivity index is 1.79. The standard InChI is InChI=1S/C11H16BrN3OS/c12-10-2-1-9(17-10)3-4-14-11(13)15-5-7-16-8-6-15/h1-2H,3-8H2,(H2,13,14). The van der Waals surface area contributed by atoms with Gasteiger partial charge in [0.15, 0.2) is 5.96 Å². The lowest BCUT2D eigenvalue weighted by molar-refractivity contribution is 0.0674. The van der Waals surface area contributed by atoms with Crippen LogP contribution in [0.4, 0.5) is 0 Å². The molecule has 17 heavy (non-hydrogen) atoms. The number of guanidine groups is 1. The van der Waals surface area contributed by atoms with E-state index in [-0.39, 0.29) is 0 Å². The molecule has 1 aromatic heterocycles. The van der Waals surface area contributed by atoms with Gasteiger partial charge in [0.05, 0.1) is 17.0 Å². The van der Waals surface area contributed by atoms with E-state index in [1.165, 1.54) is 4.88 Å². The summed E-state index contributed by atoms with van der Waals surface area (Å²) in [6.45, 7) is 3.93. The van der Waals surface area contributed by atoms with E-state index in [1.54, 1.807) is 11.3 Å². The molecule has 2 rings (SSSR count). The van der Waals surface area contributed by atoms with Crippen molar-refractivity contribution in [1.82, 2.24) is 4.90 Å². The van der Waals surface area contributed by atoms with Crippen LogP contribution in [-0.2, 0) is 11.2 Å². The monoisotopic (exact) mass is 317 g/mol. The second kappa shape index (κ2) is 6.37. The lowest BCUT2D eigenvalue weighted by Crippen LogP contribution is -2.44. The highest BCUT2D eigenvalue weighted by atomic mass is 79.9. The minimum absolute atomic E-state index is 0.643. The number of hydrogen-bond donors (Lipinski definition) is 1. The van der Waals surface area contributed by atoms with Crippen molar-refractivity contribution in [3.05, 3.63) is 20.8 Å². The molecule has 4 nitrogen and oxygen atoms in total. The van der Waals surface area contributed by atoms with Crippen molar-refractivity contribution in [2.75, 3.05) is 32.8 Å². The first-order chi connectivity index (χ1) is 8.25. The van der Waals surface area contributed by atoms with Gasteiger partial charge in [-0.2, -0.15) is 0 Å². The molecule has 94 valence electrons. The Bertz CT molecular complexity index is 388. The van der Waals surface area contributed by atoms with Crippen LogP contribution in [0.5, 0.6) is 0 Å². The zero-order valence-corrected chi connectivity index (χ0v) is 12.0. The lowest BCUT2D eigenvalue weighted by Gasteiger charge is -2.27. The van der Waals surface area contributed by atoms with E-state index in [2.05, 4.69) is 38.0 Å². The van der Waals surface area contributed by atoms with Gasteiger partial charge < -0.3 is 15.4 Å². The predicted molar refractivity (Wildman–Crippen MR) is 74.6 cm³/mol. The maximum absolute atomic E-state index is 5.93. The van der Waals surface area contributed by atoms with Crippen molar-refractivity contribution in [2.24, 2.45) is 10.7 Å². The summed E-state index contributed by atoms with van der Waals surface area (Å²) in [6.07, 6.45) is 0.946. The summed E-state index contributed by atoms with van der Waals surface area (Å²) < 4.78 is 6.44. The van der Waals surface area contributed by atoms with E-state index in [9.17, 15) is 0 Å². The predicted octanol–water partition coefficient (Wildman–Crippen LogP) is 1.70. The number of halogens is 1. The highest BCUT2D eigenvalue weighted by Gasteiger charge is 2.11. The van der Waals surface area contributed by atoms with E-state index in [0.29, 0.717) is 5.96 Å². The van der Waals surface area contributed by atoms with Crippen LogP contribution in [-0.4, -0.2) is 43.7 Å². The smallest absolute Gasteiger partial charge is 0.191 e. The zero-order valence-electron chi connectivity index (χ0n) is 9.56. The van der Waals surface area contributed by atoms with Crippen LogP contribution in [0, 0.1) is 0 Å². The molecule has 0 atom stereocenters. The van der Waals surface area contributed by atoms with E-state index in [1.807, 2.05) is 0 Å². The average Bonchev–Trinajstić information content (AvgIpc) is 2.76. The molecular formula is C11H16BrN3OS. The van der Waals surface area contributed by atoms with Gasteiger partial charge in [-0.3, -0.25) is 4.99 Å². The molecule has 2 N–H and O–H groups in total. The molecule has 1 fully saturated rings. The maximum atomic E-state index is 5.93. The minimum atomic E-state index is 0.643. The molecule has 1 aromatic rings. The Hall–Kier alpha value is -0.590. The van der Waals surface area contributed by atoms with E-state index in [0.717, 1.165) is 43.1 Å². The SMILES string of the molecule is NC(=NCCc1ccc(Br)s1)N1CCOCC1. The molecule has 1 aliphatic rings. The van der Waals surface area contributed by atoms with Crippen molar-refractivity contribution < 1.29 is 4.74 Å². The first-order valence-corrected chi connectivity index (χ1v) is 7.23. The normalized spacial score (nSPS) is 17.5. The van der Waals surface area contributed by atoms with Crippen molar-refractivity contribution in [1.29, 1.82) is 0 Å². The Morgan fingerprint density at radius 2 is 2.24 bits per heavy atom. The summed E-state index contributed by atoms with van der Waals surface area (Å²) in [4.78, 5) is 7.81. The lowest BCUT2D eigenvalue weighted by atomic mass is 10.3. The van der Waals surface area contributed by atoms with Crippen LogP contribution in [0.25, 0.3) is 0 Å². The van der Waals surface area contributed by atoms with Crippen LogP contribution < -0.4 is 5.73 Å². The van der Waals surface area contributed by atoms with Gasteiger partial charge >= 0.3 is 0 Å². The molecule has 0 unspecified atom stereocenters. The van der Waals surface area contributed by atoms with Crippen LogP contribution in [0.3, 0.4) is 0 Å². The van der Waals surface area contributed by atoms with Crippen LogP contribution in [0.15, 0.2) is 20.9 Å². The van der Waals surface area contributed by atoms with Crippen molar-refractivity contribution in [3.63, 3.8) is 0 Å². The summed E-state index contributed by atoms with van der Waals surface area (Å²) in [5.74, 6) is 0.643. The molecule has 6 heteroatoms. The topological polar surface area (TPSA) is 50.8 Å². The summed E-state index contributed by atoms with van der Waals surface area (Å²) in [5.41, 5.74) is 5.93. The number of thiophene rings is 1. The fourth-order valence-corrected chi connectivity index (χ4v) is 3.13. The van der Waals surface area contributed by atoms with Crippen LogP contribution >= 0.6 is 27.3 Å². The molecule has 0 spiro atoms. The summed E-state index contributed by atoms with van der Waals surface area (Å²) in [6, 6.07) is 4.18. The van der Waals surface area contributed by atoms with E-state index in [4.69, 9.17) is 10.5 Å². The Morgan fingerprint density at radius 3 is 2.88 bits per heavy atom. The molecule has 0 saturated carbocycles. The third kappa shape index (κ3) is 3.97. The number of ether oxygens (including phenoxy) is 1. The maximum Gasteiger partial charge on any atom is 0.191 e. The van der Waals surface area contributed by atoms with Gasteiger partial charge in [0.25, 0.3) is 0 Å². The number of nitrogens with two attached hydrogens (primary N) is 1. The Morgan fingerprint density at radius 1 is 1.47 bits per heavy atom. The van der Waals surface area contributed by atoms with Crippen LogP contribution in [0.2, 0.25) is 0 Å². The molecule has 0 amide bonds. The second-order valence-electron chi connectivity index (χ2n) is 3.80. The third-order valence-electron chi connectivity index (χ3n) is 2.60. The summed E-state index contributed by atoms with van der Waals surface area (Å²) in [7, 11) is 0. The number of rotatable bonds is 3. The van der Waals surface area contributed by atoms with Gasteiger partial charge in [-0.1, -0.05) is 0 Å². The fourth-order valence-electron chi connectivity index (χ4n) is 1.66. The zero-order chi connectivity index (χ0) is 12.1. The van der Waals surface area contributed by atoms with Crippen LogP contribution in [0.1, 0.15) is 4.88 Å². The molecule has 0 aliphatic carbocycles. The number of morpholine rings is 1. The minimum Gasteiger partial charge on any atom is -0.378 e. The van der Waals surface area contributed by atoms with Crippen molar-refractivity contribution in [2.45, 2.75) is 6.42 Å². The first-order valence-electron chi connectivity index (χ1n) is 5.62. The molecular weight excluding hydrogens is 302 g/mol. The summed E-state index contributed by atoms with van der Waals surface area (Å²) in [5, 5.41) is 0. The van der Waals surface area contributed by atoms with E-state index >= 15 is 0 Å². The second-order valence-corrected chi connectivity index (χ2v) is 6.34.